The van der Waals surface area contributed by atoms with E-state index in [0.717, 1.165) is 22.7 Å². The predicted octanol–water partition coefficient (Wildman–Crippen LogP) is 5.99. The molecular weight excluding hydrogens is 475 g/mol. The van der Waals surface area contributed by atoms with Gasteiger partial charge in [0.2, 0.25) is 0 Å². The van der Waals surface area contributed by atoms with E-state index in [-0.39, 0.29) is 26.3 Å². The van der Waals surface area contributed by atoms with Crippen molar-refractivity contribution in [2.75, 3.05) is 0 Å². The number of carbonyl (C=O) groups is 2. The number of hydrogen-bond donors (Lipinski definition) is 1. The zero-order valence-electron chi connectivity index (χ0n) is 16.6. The van der Waals surface area contributed by atoms with Crippen LogP contribution in [0.1, 0.15) is 22.9 Å². The highest BCUT2D eigenvalue weighted by molar-refractivity contribution is 8.26. The highest BCUT2D eigenvalue weighted by atomic mass is 32.2. The lowest BCUT2D eigenvalue weighted by molar-refractivity contribution is -0.145. The maximum atomic E-state index is 13.3. The van der Waals surface area contributed by atoms with Crippen molar-refractivity contribution < 1.29 is 32.3 Å². The smallest absolute Gasteiger partial charge is 0.417 e. The monoisotopic (exact) mass is 489 g/mol. The van der Waals surface area contributed by atoms with Gasteiger partial charge in [0.15, 0.2) is 6.04 Å². The first kappa shape index (κ1) is 22.8. The number of benzene rings is 2. The molecular formula is C23H14F3NO4S2. The number of hydrogen-bond acceptors (Lipinski definition) is 5. The van der Waals surface area contributed by atoms with Crippen molar-refractivity contribution >= 4 is 46.3 Å². The summed E-state index contributed by atoms with van der Waals surface area (Å²) in [7, 11) is 0. The van der Waals surface area contributed by atoms with Crippen LogP contribution in [0.5, 0.6) is 0 Å². The summed E-state index contributed by atoms with van der Waals surface area (Å²) in [6.07, 6.45) is -3.22. The first-order chi connectivity index (χ1) is 15.7. The number of carboxylic acid groups (broad SMARTS) is 1. The van der Waals surface area contributed by atoms with Crippen LogP contribution in [0.15, 0.2) is 76.1 Å². The summed E-state index contributed by atoms with van der Waals surface area (Å²) in [5.74, 6) is -1.76. The van der Waals surface area contributed by atoms with Crippen LogP contribution in [0.25, 0.3) is 17.4 Å². The Kier molecular flexibility index (Phi) is 6.13. The van der Waals surface area contributed by atoms with Gasteiger partial charge < -0.3 is 9.52 Å². The Morgan fingerprint density at radius 2 is 1.73 bits per heavy atom. The Morgan fingerprint density at radius 3 is 2.39 bits per heavy atom. The third-order valence-corrected chi connectivity index (χ3v) is 6.16. The summed E-state index contributed by atoms with van der Waals surface area (Å²) >= 11 is 6.15. The lowest BCUT2D eigenvalue weighted by Crippen LogP contribution is -2.37. The van der Waals surface area contributed by atoms with Gasteiger partial charge in [-0.05, 0) is 23.8 Å². The van der Waals surface area contributed by atoms with E-state index in [2.05, 4.69) is 0 Å². The Hall–Kier alpha value is -3.37. The topological polar surface area (TPSA) is 70.8 Å². The Bertz CT molecular complexity index is 1270. The predicted molar refractivity (Wildman–Crippen MR) is 121 cm³/mol. The number of carbonyl (C=O) groups excluding carboxylic acids is 1. The van der Waals surface area contributed by atoms with E-state index in [1.807, 2.05) is 0 Å². The number of rotatable bonds is 5. The fraction of sp³-hybridized carbons (Fsp3) is 0.0870. The van der Waals surface area contributed by atoms with Gasteiger partial charge in [0.25, 0.3) is 5.91 Å². The number of nitrogens with zero attached hydrogens (tertiary/aromatic N) is 1. The van der Waals surface area contributed by atoms with Gasteiger partial charge >= 0.3 is 12.1 Å². The van der Waals surface area contributed by atoms with Crippen LogP contribution in [0, 0.1) is 0 Å². The third-order valence-electron chi connectivity index (χ3n) is 4.83. The number of amides is 1. The summed E-state index contributed by atoms with van der Waals surface area (Å²) < 4.78 is 45.6. The lowest BCUT2D eigenvalue weighted by atomic mass is 10.1. The van der Waals surface area contributed by atoms with Crippen molar-refractivity contribution in [3.8, 4) is 11.3 Å². The van der Waals surface area contributed by atoms with Gasteiger partial charge in [0.1, 0.15) is 15.8 Å². The van der Waals surface area contributed by atoms with Crippen LogP contribution in [-0.4, -0.2) is 26.2 Å². The number of carboxylic acids is 1. The summed E-state index contributed by atoms with van der Waals surface area (Å²) in [6, 6.07) is 14.7. The van der Waals surface area contributed by atoms with Gasteiger partial charge in [-0.1, -0.05) is 72.5 Å². The second-order valence-electron chi connectivity index (χ2n) is 6.95. The van der Waals surface area contributed by atoms with Crippen LogP contribution < -0.4 is 0 Å². The van der Waals surface area contributed by atoms with Gasteiger partial charge in [-0.3, -0.25) is 9.69 Å². The Balaban J connectivity index is 1.65. The van der Waals surface area contributed by atoms with Crippen molar-refractivity contribution in [2.45, 2.75) is 12.2 Å². The summed E-state index contributed by atoms with van der Waals surface area (Å²) in [5.41, 5.74) is -0.594. The summed E-state index contributed by atoms with van der Waals surface area (Å²) in [5, 5.41) is 9.73. The number of thioether (sulfide) groups is 1. The van der Waals surface area contributed by atoms with Gasteiger partial charge in [-0.2, -0.15) is 13.2 Å². The van der Waals surface area contributed by atoms with Crippen LogP contribution in [-0.2, 0) is 15.8 Å². The van der Waals surface area contributed by atoms with E-state index in [9.17, 15) is 27.9 Å². The number of furan rings is 1. The van der Waals surface area contributed by atoms with Gasteiger partial charge in [0.05, 0.1) is 10.5 Å². The molecule has 1 amide bonds. The average Bonchev–Trinajstić information content (AvgIpc) is 3.34. The minimum atomic E-state index is -4.56. The molecule has 5 nitrogen and oxygen atoms in total. The molecule has 0 radical (unpaired) electrons. The second-order valence-corrected chi connectivity index (χ2v) is 8.62. The zero-order valence-corrected chi connectivity index (χ0v) is 18.2. The molecule has 1 saturated heterocycles. The van der Waals surface area contributed by atoms with E-state index in [1.165, 1.54) is 36.4 Å². The van der Waals surface area contributed by atoms with E-state index < -0.39 is 29.7 Å². The molecule has 0 saturated carbocycles. The minimum Gasteiger partial charge on any atom is -0.479 e. The highest BCUT2D eigenvalue weighted by Crippen LogP contribution is 2.40. The van der Waals surface area contributed by atoms with E-state index in [1.54, 1.807) is 30.3 Å². The van der Waals surface area contributed by atoms with E-state index in [4.69, 9.17) is 16.6 Å². The summed E-state index contributed by atoms with van der Waals surface area (Å²) in [4.78, 5) is 26.0. The molecule has 1 unspecified atom stereocenters. The summed E-state index contributed by atoms with van der Waals surface area (Å²) in [6.45, 7) is 0. The molecule has 0 spiro atoms. The number of thiocarbonyl (C=S) groups is 1. The molecule has 0 bridgehead atoms. The first-order valence-corrected chi connectivity index (χ1v) is 10.7. The largest absolute Gasteiger partial charge is 0.479 e. The van der Waals surface area contributed by atoms with Crippen molar-refractivity contribution in [3.05, 3.63) is 88.5 Å². The molecule has 33 heavy (non-hydrogen) atoms. The number of halogens is 3. The number of alkyl halides is 3. The molecule has 2 heterocycles. The van der Waals surface area contributed by atoms with Crippen LogP contribution in [0.2, 0.25) is 0 Å². The van der Waals surface area contributed by atoms with E-state index in [0.29, 0.717) is 5.56 Å². The molecule has 2 aromatic carbocycles. The van der Waals surface area contributed by atoms with Crippen molar-refractivity contribution in [1.29, 1.82) is 0 Å². The van der Waals surface area contributed by atoms with Crippen molar-refractivity contribution in [2.24, 2.45) is 0 Å². The van der Waals surface area contributed by atoms with Crippen LogP contribution in [0.3, 0.4) is 0 Å². The fourth-order valence-electron chi connectivity index (χ4n) is 3.39. The third kappa shape index (κ3) is 4.57. The average molecular weight is 489 g/mol. The maximum Gasteiger partial charge on any atom is 0.417 e. The second kappa shape index (κ2) is 8.87. The van der Waals surface area contributed by atoms with Crippen LogP contribution >= 0.6 is 24.0 Å². The minimum absolute atomic E-state index is 0.0163. The Morgan fingerprint density at radius 1 is 1.06 bits per heavy atom. The van der Waals surface area contributed by atoms with Gasteiger partial charge in [-0.25, -0.2) is 4.79 Å². The molecule has 1 fully saturated rings. The van der Waals surface area contributed by atoms with E-state index >= 15 is 0 Å². The molecule has 3 aromatic rings. The molecule has 1 aromatic heterocycles. The SMILES string of the molecule is O=C(O)C(c1ccccc1)N1C(=O)/C(=C/c2ccc(-c3ccccc3C(F)(F)F)o2)SC1=S. The first-order valence-electron chi connectivity index (χ1n) is 9.48. The molecule has 4 rings (SSSR count). The number of aliphatic carboxylic acids is 1. The maximum absolute atomic E-state index is 13.3. The molecule has 1 aliphatic heterocycles. The molecule has 168 valence electrons. The molecule has 1 atom stereocenters. The fourth-order valence-corrected chi connectivity index (χ4v) is 4.68. The standard InChI is InChI=1S/C23H14F3NO4S2/c24-23(25,26)16-9-5-4-8-15(16)17-11-10-14(31-17)12-18-20(28)27(22(32)33-18)19(21(29)30)13-6-2-1-3-7-13/h1-12,19H,(H,29,30)/b18-12-. The van der Waals surface area contributed by atoms with Gasteiger partial charge in [-0.15, -0.1) is 0 Å². The lowest BCUT2D eigenvalue weighted by Gasteiger charge is -2.23. The Labute approximate surface area is 195 Å². The molecule has 1 N–H and O–H groups in total. The zero-order chi connectivity index (χ0) is 23.8. The normalized spacial score (nSPS) is 16.5. The van der Waals surface area contributed by atoms with Gasteiger partial charge in [0, 0.05) is 11.6 Å². The quantitative estimate of drug-likeness (QED) is 0.351. The molecule has 10 heteroatoms. The highest BCUT2D eigenvalue weighted by Gasteiger charge is 2.41. The molecule has 1 aliphatic rings. The van der Waals surface area contributed by atoms with Crippen molar-refractivity contribution in [1.82, 2.24) is 4.90 Å². The van der Waals surface area contributed by atoms with Crippen molar-refractivity contribution in [3.63, 3.8) is 0 Å². The molecule has 0 aliphatic carbocycles. The van der Waals surface area contributed by atoms with Crippen LogP contribution in [0.4, 0.5) is 13.2 Å².